The lowest BCUT2D eigenvalue weighted by molar-refractivity contribution is -0.139. The molecule has 0 aliphatic rings. The lowest BCUT2D eigenvalue weighted by Gasteiger charge is -2.12. The molecule has 0 heterocycles. The Morgan fingerprint density at radius 1 is 1.60 bits per heavy atom. The lowest BCUT2D eigenvalue weighted by Crippen LogP contribution is -2.12. The second kappa shape index (κ2) is 7.11. The third-order valence-corrected chi connectivity index (χ3v) is 2.47. The van der Waals surface area contributed by atoms with E-state index in [2.05, 4.69) is 0 Å². The minimum absolute atomic E-state index is 0.0560. The average molecular weight is 292 g/mol. The van der Waals surface area contributed by atoms with Crippen molar-refractivity contribution >= 4 is 29.3 Å². The first-order chi connectivity index (χ1) is 9.49. The Bertz CT molecular complexity index is 605. The van der Waals surface area contributed by atoms with Crippen molar-refractivity contribution in [3.63, 3.8) is 0 Å². The molecular weight excluding hydrogens is 280 g/mol. The van der Waals surface area contributed by atoms with E-state index < -0.39 is 12.6 Å². The minimum Gasteiger partial charge on any atom is -0.493 e. The number of nitrogens with two attached hydrogens (primary N) is 1. The van der Waals surface area contributed by atoms with E-state index in [0.717, 1.165) is 0 Å². The number of aliphatic carboxylic acids is 1. The smallest absolute Gasteiger partial charge is 0.341 e. The molecule has 0 fully saturated rings. The number of carboxylic acid groups (broad SMARTS) is 1. The molecule has 0 aliphatic heterocycles. The lowest BCUT2D eigenvalue weighted by atomic mass is 10.1. The van der Waals surface area contributed by atoms with E-state index in [-0.39, 0.29) is 16.3 Å². The summed E-state index contributed by atoms with van der Waals surface area (Å²) in [6.07, 6.45) is 1.42. The van der Waals surface area contributed by atoms with Gasteiger partial charge in [0.05, 0.1) is 12.7 Å². The summed E-state index contributed by atoms with van der Waals surface area (Å²) in [5.74, 6) is -0.567. The van der Waals surface area contributed by atoms with Crippen LogP contribution < -0.4 is 15.2 Å². The fraction of sp³-hybridized carbons (Fsp3) is 0.154. The van der Waals surface area contributed by atoms with Crippen molar-refractivity contribution in [3.8, 4) is 17.6 Å². The van der Waals surface area contributed by atoms with Gasteiger partial charge in [0.1, 0.15) is 11.1 Å². The number of hydrogen-bond acceptors (Lipinski definition) is 5. The van der Waals surface area contributed by atoms with Crippen LogP contribution in [-0.2, 0) is 4.79 Å². The summed E-state index contributed by atoms with van der Waals surface area (Å²) in [6.45, 7) is -0.532. The fourth-order valence-electron chi connectivity index (χ4n) is 1.41. The van der Waals surface area contributed by atoms with E-state index in [1.165, 1.54) is 13.2 Å². The number of hydrogen-bond donors (Lipinski definition) is 2. The summed E-state index contributed by atoms with van der Waals surface area (Å²) in [4.78, 5) is 10.5. The highest BCUT2D eigenvalue weighted by Gasteiger charge is 2.12. The van der Waals surface area contributed by atoms with E-state index in [9.17, 15) is 4.79 Å². The van der Waals surface area contributed by atoms with Gasteiger partial charge in [0.2, 0.25) is 0 Å². The van der Waals surface area contributed by atoms with Crippen LogP contribution >= 0.6 is 12.2 Å². The van der Waals surface area contributed by atoms with E-state index >= 15 is 0 Å². The van der Waals surface area contributed by atoms with Crippen molar-refractivity contribution in [2.45, 2.75) is 0 Å². The Hall–Kier alpha value is -2.59. The maximum absolute atomic E-state index is 10.6. The molecule has 20 heavy (non-hydrogen) atoms. The van der Waals surface area contributed by atoms with Crippen LogP contribution in [0.15, 0.2) is 23.8 Å². The third kappa shape index (κ3) is 3.96. The molecule has 0 spiro atoms. The average Bonchev–Trinajstić information content (AvgIpc) is 2.42. The van der Waals surface area contributed by atoms with Crippen molar-refractivity contribution in [1.82, 2.24) is 0 Å². The number of para-hydroxylation sites is 1. The highest BCUT2D eigenvalue weighted by Crippen LogP contribution is 2.32. The van der Waals surface area contributed by atoms with Gasteiger partial charge in [-0.05, 0) is 12.1 Å². The molecule has 7 heteroatoms. The molecule has 0 unspecified atom stereocenters. The fourth-order valence-corrected chi connectivity index (χ4v) is 1.51. The first kappa shape index (κ1) is 15.5. The van der Waals surface area contributed by atoms with Crippen molar-refractivity contribution in [2.75, 3.05) is 13.7 Å². The summed E-state index contributed by atoms with van der Waals surface area (Å²) < 4.78 is 10.3. The number of carboxylic acids is 1. The van der Waals surface area contributed by atoms with Gasteiger partial charge in [-0.2, -0.15) is 5.26 Å². The number of nitriles is 1. The van der Waals surface area contributed by atoms with Gasteiger partial charge < -0.3 is 20.3 Å². The zero-order valence-electron chi connectivity index (χ0n) is 10.6. The Labute approximate surface area is 121 Å². The standard InChI is InChI=1S/C13H12N2O4S/c1-18-10-4-2-3-8(5-9(6-14)13(15)20)12(10)19-7-11(16)17/h2-5H,7H2,1H3,(H2,15,20)(H,16,17)/b9-5+. The van der Waals surface area contributed by atoms with Gasteiger partial charge in [-0.15, -0.1) is 0 Å². The summed E-state index contributed by atoms with van der Waals surface area (Å²) in [6, 6.07) is 6.78. The van der Waals surface area contributed by atoms with Crippen molar-refractivity contribution in [3.05, 3.63) is 29.3 Å². The number of rotatable bonds is 6. The van der Waals surface area contributed by atoms with Crippen LogP contribution in [0.5, 0.6) is 11.5 Å². The van der Waals surface area contributed by atoms with Crippen LogP contribution in [0.25, 0.3) is 6.08 Å². The molecule has 1 aromatic rings. The highest BCUT2D eigenvalue weighted by atomic mass is 32.1. The van der Waals surface area contributed by atoms with Crippen LogP contribution in [0.1, 0.15) is 5.56 Å². The van der Waals surface area contributed by atoms with Crippen LogP contribution in [0.2, 0.25) is 0 Å². The van der Waals surface area contributed by atoms with Gasteiger partial charge in [-0.25, -0.2) is 4.79 Å². The summed E-state index contributed by atoms with van der Waals surface area (Å²) >= 11 is 4.75. The molecule has 0 aliphatic carbocycles. The van der Waals surface area contributed by atoms with Gasteiger partial charge in [-0.1, -0.05) is 24.4 Å². The van der Waals surface area contributed by atoms with E-state index in [1.807, 2.05) is 6.07 Å². The number of ether oxygens (including phenoxy) is 2. The molecule has 1 aromatic carbocycles. The zero-order chi connectivity index (χ0) is 15.1. The number of carbonyl (C=O) groups is 1. The van der Waals surface area contributed by atoms with E-state index in [0.29, 0.717) is 11.3 Å². The molecular formula is C13H12N2O4S. The molecule has 0 radical (unpaired) electrons. The first-order valence-electron chi connectivity index (χ1n) is 5.42. The summed E-state index contributed by atoms with van der Waals surface area (Å²) in [7, 11) is 1.43. The number of methoxy groups -OCH3 is 1. The maximum atomic E-state index is 10.6. The van der Waals surface area contributed by atoms with Crippen LogP contribution in [-0.4, -0.2) is 29.8 Å². The molecule has 0 saturated heterocycles. The second-order valence-electron chi connectivity index (χ2n) is 3.60. The molecule has 0 bridgehead atoms. The van der Waals surface area contributed by atoms with Gasteiger partial charge in [-0.3, -0.25) is 0 Å². The Balaban J connectivity index is 3.28. The molecule has 0 amide bonds. The van der Waals surface area contributed by atoms with Crippen molar-refractivity contribution < 1.29 is 19.4 Å². The van der Waals surface area contributed by atoms with Crippen LogP contribution in [0.4, 0.5) is 0 Å². The Morgan fingerprint density at radius 2 is 2.30 bits per heavy atom. The summed E-state index contributed by atoms with van der Waals surface area (Å²) in [5.41, 5.74) is 5.96. The molecule has 1 rings (SSSR count). The van der Waals surface area contributed by atoms with Crippen LogP contribution in [0.3, 0.4) is 0 Å². The quantitative estimate of drug-likeness (QED) is 0.463. The molecule has 6 nitrogen and oxygen atoms in total. The van der Waals surface area contributed by atoms with Crippen molar-refractivity contribution in [1.29, 1.82) is 5.26 Å². The molecule has 3 N–H and O–H groups in total. The molecule has 0 saturated carbocycles. The Morgan fingerprint density at radius 3 is 2.80 bits per heavy atom. The molecule has 104 valence electrons. The predicted octanol–water partition coefficient (Wildman–Crippen LogP) is 1.35. The van der Waals surface area contributed by atoms with Gasteiger partial charge >= 0.3 is 5.97 Å². The van der Waals surface area contributed by atoms with Crippen molar-refractivity contribution in [2.24, 2.45) is 5.73 Å². The van der Waals surface area contributed by atoms with Gasteiger partial charge in [0.15, 0.2) is 18.1 Å². The first-order valence-corrected chi connectivity index (χ1v) is 5.83. The SMILES string of the molecule is COc1cccc(/C=C(\C#N)C(N)=S)c1OCC(=O)O. The van der Waals surface area contributed by atoms with Gasteiger partial charge in [0.25, 0.3) is 0 Å². The normalized spacial score (nSPS) is 10.5. The number of thiocarbonyl (C=S) groups is 1. The number of benzene rings is 1. The van der Waals surface area contributed by atoms with E-state index in [1.54, 1.807) is 18.2 Å². The van der Waals surface area contributed by atoms with Gasteiger partial charge in [0, 0.05) is 5.56 Å². The van der Waals surface area contributed by atoms with E-state index in [4.69, 9.17) is 37.8 Å². The predicted molar refractivity (Wildman–Crippen MR) is 76.5 cm³/mol. The number of nitrogens with zero attached hydrogens (tertiary/aromatic N) is 1. The maximum Gasteiger partial charge on any atom is 0.341 e. The largest absolute Gasteiger partial charge is 0.493 e. The van der Waals surface area contributed by atoms with Crippen LogP contribution in [0, 0.1) is 11.3 Å². The molecule has 0 aromatic heterocycles. The third-order valence-electron chi connectivity index (χ3n) is 2.26. The monoisotopic (exact) mass is 292 g/mol. The minimum atomic E-state index is -1.12. The molecule has 0 atom stereocenters. The Kier molecular flexibility index (Phi) is 5.50. The highest BCUT2D eigenvalue weighted by molar-refractivity contribution is 7.80. The summed E-state index contributed by atoms with van der Waals surface area (Å²) in [5, 5.41) is 17.6. The zero-order valence-corrected chi connectivity index (χ0v) is 11.4. The second-order valence-corrected chi connectivity index (χ2v) is 4.03. The topological polar surface area (TPSA) is 106 Å².